The number of amides is 1. The molecule has 2 rings (SSSR count). The van der Waals surface area contributed by atoms with Gasteiger partial charge in [0.15, 0.2) is 9.84 Å². The quantitative estimate of drug-likeness (QED) is 0.732. The SMILES string of the molecule is COC1CCCC1Nc1sc(C(N)=O)c(N)c1S(C)(=O)=O. The number of hydrogen-bond donors (Lipinski definition) is 3. The van der Waals surface area contributed by atoms with E-state index in [-0.39, 0.29) is 27.6 Å². The number of carbonyl (C=O) groups excluding carboxylic acids is 1. The van der Waals surface area contributed by atoms with Gasteiger partial charge >= 0.3 is 0 Å². The zero-order valence-electron chi connectivity index (χ0n) is 11.9. The Kier molecular flexibility index (Phi) is 4.45. The molecule has 0 saturated heterocycles. The highest BCUT2D eigenvalue weighted by molar-refractivity contribution is 7.91. The van der Waals surface area contributed by atoms with Crippen LogP contribution in [-0.4, -0.2) is 39.8 Å². The Morgan fingerprint density at radius 2 is 2.10 bits per heavy atom. The van der Waals surface area contributed by atoms with Gasteiger partial charge in [0, 0.05) is 13.4 Å². The monoisotopic (exact) mass is 333 g/mol. The number of sulfone groups is 1. The van der Waals surface area contributed by atoms with E-state index in [1.807, 2.05) is 0 Å². The topological polar surface area (TPSA) is 125 Å². The van der Waals surface area contributed by atoms with Gasteiger partial charge in [-0.1, -0.05) is 0 Å². The Balaban J connectivity index is 2.43. The molecule has 21 heavy (non-hydrogen) atoms. The van der Waals surface area contributed by atoms with Gasteiger partial charge in [-0.25, -0.2) is 8.42 Å². The third-order valence-electron chi connectivity index (χ3n) is 3.57. The lowest BCUT2D eigenvalue weighted by molar-refractivity contribution is 0.100. The molecule has 1 fully saturated rings. The number of hydrogen-bond acceptors (Lipinski definition) is 7. The van der Waals surface area contributed by atoms with Gasteiger partial charge in [-0.2, -0.15) is 0 Å². The number of nitrogen functional groups attached to an aromatic ring is 1. The van der Waals surface area contributed by atoms with Crippen molar-refractivity contribution in [3.05, 3.63) is 4.88 Å². The van der Waals surface area contributed by atoms with E-state index in [0.29, 0.717) is 5.00 Å². The average Bonchev–Trinajstić information content (AvgIpc) is 2.93. The molecule has 1 aromatic heterocycles. The zero-order valence-corrected chi connectivity index (χ0v) is 13.5. The van der Waals surface area contributed by atoms with Crippen LogP contribution < -0.4 is 16.8 Å². The van der Waals surface area contributed by atoms with E-state index in [2.05, 4.69) is 5.32 Å². The molecule has 0 radical (unpaired) electrons. The van der Waals surface area contributed by atoms with Crippen LogP contribution in [0.25, 0.3) is 0 Å². The van der Waals surface area contributed by atoms with Crippen LogP contribution >= 0.6 is 11.3 Å². The van der Waals surface area contributed by atoms with E-state index in [1.54, 1.807) is 7.11 Å². The van der Waals surface area contributed by atoms with E-state index in [4.69, 9.17) is 16.2 Å². The number of methoxy groups -OCH3 is 1. The van der Waals surface area contributed by atoms with Crippen molar-refractivity contribution in [2.24, 2.45) is 5.73 Å². The highest BCUT2D eigenvalue weighted by Crippen LogP contribution is 2.40. The minimum Gasteiger partial charge on any atom is -0.396 e. The maximum absolute atomic E-state index is 11.9. The molecule has 9 heteroatoms. The first kappa shape index (κ1) is 16.1. The highest BCUT2D eigenvalue weighted by Gasteiger charge is 2.32. The van der Waals surface area contributed by atoms with Gasteiger partial charge in [0.05, 0.1) is 17.8 Å². The van der Waals surface area contributed by atoms with Crippen LogP contribution in [0.4, 0.5) is 10.7 Å². The van der Waals surface area contributed by atoms with Crippen LogP contribution in [0.3, 0.4) is 0 Å². The Bertz CT molecular complexity index is 654. The maximum atomic E-state index is 11.9. The van der Waals surface area contributed by atoms with Crippen LogP contribution in [-0.2, 0) is 14.6 Å². The van der Waals surface area contributed by atoms with Crippen molar-refractivity contribution >= 4 is 37.8 Å². The molecule has 7 nitrogen and oxygen atoms in total. The second-order valence-electron chi connectivity index (χ2n) is 5.10. The summed E-state index contributed by atoms with van der Waals surface area (Å²) >= 11 is 0.975. The first-order valence-electron chi connectivity index (χ1n) is 6.47. The second kappa shape index (κ2) is 5.82. The summed E-state index contributed by atoms with van der Waals surface area (Å²) in [6, 6.07) is -0.00530. The molecule has 0 aliphatic heterocycles. The molecule has 0 spiro atoms. The number of thiophene rings is 1. The first-order valence-corrected chi connectivity index (χ1v) is 9.18. The van der Waals surface area contributed by atoms with Crippen molar-refractivity contribution in [3.63, 3.8) is 0 Å². The number of primary amides is 1. The highest BCUT2D eigenvalue weighted by atomic mass is 32.2. The van der Waals surface area contributed by atoms with E-state index < -0.39 is 15.7 Å². The minimum absolute atomic E-state index is 0.00530. The lowest BCUT2D eigenvalue weighted by atomic mass is 10.2. The van der Waals surface area contributed by atoms with Gasteiger partial charge in [0.25, 0.3) is 5.91 Å². The molecule has 1 heterocycles. The molecule has 1 aromatic rings. The molecular weight excluding hydrogens is 314 g/mol. The van der Waals surface area contributed by atoms with Crippen molar-refractivity contribution in [2.45, 2.75) is 36.3 Å². The van der Waals surface area contributed by atoms with Gasteiger partial charge in [-0.3, -0.25) is 4.79 Å². The standard InChI is InChI=1S/C12H19N3O4S2/c1-19-7-5-3-4-6(7)15-12-10(21(2,17)18)8(13)9(20-12)11(14)16/h6-7,15H,3-5,13H2,1-2H3,(H2,14,16). The summed E-state index contributed by atoms with van der Waals surface area (Å²) < 4.78 is 29.3. The average molecular weight is 333 g/mol. The molecular formula is C12H19N3O4S2. The largest absolute Gasteiger partial charge is 0.396 e. The summed E-state index contributed by atoms with van der Waals surface area (Å²) in [5.41, 5.74) is 11.0. The second-order valence-corrected chi connectivity index (χ2v) is 8.07. The molecule has 1 saturated carbocycles. The van der Waals surface area contributed by atoms with Crippen LogP contribution in [0.2, 0.25) is 0 Å². The van der Waals surface area contributed by atoms with Crippen molar-refractivity contribution in [1.29, 1.82) is 0 Å². The fraction of sp³-hybridized carbons (Fsp3) is 0.583. The summed E-state index contributed by atoms with van der Waals surface area (Å²) in [4.78, 5) is 11.4. The van der Waals surface area contributed by atoms with Gasteiger partial charge in [-0.15, -0.1) is 11.3 Å². The molecule has 1 aliphatic carbocycles. The van der Waals surface area contributed by atoms with E-state index in [9.17, 15) is 13.2 Å². The Labute approximate surface area is 127 Å². The predicted octanol–water partition coefficient (Wildman–Crippen LogP) is 0.812. The Hall–Kier alpha value is -1.32. The van der Waals surface area contributed by atoms with E-state index in [1.165, 1.54) is 0 Å². The van der Waals surface area contributed by atoms with Crippen molar-refractivity contribution in [1.82, 2.24) is 0 Å². The van der Waals surface area contributed by atoms with Crippen LogP contribution in [0.15, 0.2) is 4.90 Å². The first-order chi connectivity index (χ1) is 9.75. The maximum Gasteiger partial charge on any atom is 0.261 e. The van der Waals surface area contributed by atoms with E-state index >= 15 is 0 Å². The van der Waals surface area contributed by atoms with Crippen LogP contribution in [0.5, 0.6) is 0 Å². The van der Waals surface area contributed by atoms with Gasteiger partial charge in [0.2, 0.25) is 0 Å². The molecule has 1 aliphatic rings. The summed E-state index contributed by atoms with van der Waals surface area (Å²) in [5, 5.41) is 3.52. The molecule has 1 amide bonds. The lowest BCUT2D eigenvalue weighted by Gasteiger charge is -2.20. The summed E-state index contributed by atoms with van der Waals surface area (Å²) in [6.07, 6.45) is 3.84. The number of rotatable bonds is 5. The molecule has 2 unspecified atom stereocenters. The molecule has 2 atom stereocenters. The number of anilines is 2. The third kappa shape index (κ3) is 3.14. The van der Waals surface area contributed by atoms with Gasteiger partial charge in [0.1, 0.15) is 14.8 Å². The number of ether oxygens (including phenoxy) is 1. The van der Waals surface area contributed by atoms with Crippen LogP contribution in [0.1, 0.15) is 28.9 Å². The normalized spacial score (nSPS) is 22.4. The summed E-state index contributed by atoms with van der Waals surface area (Å²) in [7, 11) is -1.94. The number of nitrogens with two attached hydrogens (primary N) is 2. The van der Waals surface area contributed by atoms with Crippen molar-refractivity contribution in [2.75, 3.05) is 24.4 Å². The lowest BCUT2D eigenvalue weighted by Crippen LogP contribution is -2.29. The summed E-state index contributed by atoms with van der Waals surface area (Å²) in [6.45, 7) is 0. The van der Waals surface area contributed by atoms with Crippen molar-refractivity contribution < 1.29 is 17.9 Å². The molecule has 0 bridgehead atoms. The molecule has 118 valence electrons. The zero-order chi connectivity index (χ0) is 15.8. The third-order valence-corrected chi connectivity index (χ3v) is 6.01. The summed E-state index contributed by atoms with van der Waals surface area (Å²) in [5.74, 6) is -0.731. The molecule has 5 N–H and O–H groups in total. The van der Waals surface area contributed by atoms with Crippen molar-refractivity contribution in [3.8, 4) is 0 Å². The number of nitrogens with one attached hydrogen (secondary N) is 1. The van der Waals surface area contributed by atoms with Gasteiger partial charge < -0.3 is 21.5 Å². The van der Waals surface area contributed by atoms with Crippen LogP contribution in [0, 0.1) is 0 Å². The molecule has 0 aromatic carbocycles. The number of carbonyl (C=O) groups is 1. The fourth-order valence-corrected chi connectivity index (χ4v) is 5.09. The fourth-order valence-electron chi connectivity index (χ4n) is 2.62. The smallest absolute Gasteiger partial charge is 0.261 e. The van der Waals surface area contributed by atoms with E-state index in [0.717, 1.165) is 36.9 Å². The Morgan fingerprint density at radius 3 is 2.62 bits per heavy atom. The Morgan fingerprint density at radius 1 is 1.43 bits per heavy atom. The van der Waals surface area contributed by atoms with Gasteiger partial charge in [-0.05, 0) is 19.3 Å². The predicted molar refractivity (Wildman–Crippen MR) is 82.4 cm³/mol. The minimum atomic E-state index is -3.57.